The minimum atomic E-state index is -0.843. The number of methoxy groups -OCH3 is 1. The number of carbonyl (C=O) groups excluding carboxylic acids is 3. The maximum absolute atomic E-state index is 11.2. The quantitative estimate of drug-likeness (QED) is 0.510. The van der Waals surface area contributed by atoms with Gasteiger partial charge in [-0.05, 0) is 0 Å². The second-order valence-electron chi connectivity index (χ2n) is 4.60. The molecule has 8 heteroatoms. The first kappa shape index (κ1) is 17.4. The average Bonchev–Trinajstić information content (AvgIpc) is 2.36. The molecule has 0 amide bonds. The Morgan fingerprint density at radius 2 is 1.62 bits per heavy atom. The Morgan fingerprint density at radius 3 is 2.10 bits per heavy atom. The van der Waals surface area contributed by atoms with Gasteiger partial charge in [0.2, 0.25) is 0 Å². The van der Waals surface area contributed by atoms with Gasteiger partial charge in [0.25, 0.3) is 0 Å². The zero-order chi connectivity index (χ0) is 16.0. The van der Waals surface area contributed by atoms with Gasteiger partial charge in [0.15, 0.2) is 12.2 Å². The molecule has 0 aromatic rings. The summed E-state index contributed by atoms with van der Waals surface area (Å²) in [6.45, 7) is 3.74. The fourth-order valence-corrected chi connectivity index (χ4v) is 2.11. The first-order valence-electron chi connectivity index (χ1n) is 6.47. The van der Waals surface area contributed by atoms with Crippen molar-refractivity contribution in [1.29, 1.82) is 0 Å². The van der Waals surface area contributed by atoms with E-state index in [2.05, 4.69) is 0 Å². The maximum Gasteiger partial charge on any atom is 0.303 e. The predicted molar refractivity (Wildman–Crippen MR) is 68.3 cm³/mol. The van der Waals surface area contributed by atoms with Crippen LogP contribution in [0, 0.1) is 0 Å². The molecule has 0 aromatic heterocycles. The molecule has 21 heavy (non-hydrogen) atoms. The van der Waals surface area contributed by atoms with Crippen molar-refractivity contribution in [2.24, 2.45) is 0 Å². The number of ether oxygens (including phenoxy) is 5. The minimum Gasteiger partial charge on any atom is -0.463 e. The van der Waals surface area contributed by atoms with E-state index in [1.54, 1.807) is 0 Å². The number of esters is 3. The highest BCUT2D eigenvalue weighted by Crippen LogP contribution is 2.24. The molecule has 1 aliphatic heterocycles. The first-order valence-corrected chi connectivity index (χ1v) is 6.47. The Kier molecular flexibility index (Phi) is 6.57. The summed E-state index contributed by atoms with van der Waals surface area (Å²) < 4.78 is 25.9. The molecular formula is C13H20O8. The molecule has 4 atom stereocenters. The summed E-state index contributed by atoms with van der Waals surface area (Å²) in [4.78, 5) is 33.2. The van der Waals surface area contributed by atoms with E-state index in [4.69, 9.17) is 23.7 Å². The Morgan fingerprint density at radius 1 is 1.00 bits per heavy atom. The molecule has 1 rings (SSSR count). The van der Waals surface area contributed by atoms with Gasteiger partial charge in [-0.1, -0.05) is 0 Å². The number of rotatable bonds is 5. The topological polar surface area (TPSA) is 97.4 Å². The standard InChI is InChI=1S/C13H20O8/c1-7(14)18-5-10-13(21-9(3)16)12(17-4)11(6-19-10)20-8(2)15/h10-13H,5-6H2,1-4H3. The van der Waals surface area contributed by atoms with E-state index in [0.29, 0.717) is 0 Å². The lowest BCUT2D eigenvalue weighted by atomic mass is 9.99. The van der Waals surface area contributed by atoms with Gasteiger partial charge < -0.3 is 23.7 Å². The largest absolute Gasteiger partial charge is 0.463 e. The van der Waals surface area contributed by atoms with Crippen molar-refractivity contribution < 1.29 is 38.1 Å². The molecule has 0 bridgehead atoms. The lowest BCUT2D eigenvalue weighted by molar-refractivity contribution is -0.227. The highest BCUT2D eigenvalue weighted by molar-refractivity contribution is 5.67. The van der Waals surface area contributed by atoms with E-state index in [0.717, 1.165) is 0 Å². The van der Waals surface area contributed by atoms with E-state index in [-0.39, 0.29) is 13.2 Å². The number of hydrogen-bond donors (Lipinski definition) is 0. The summed E-state index contributed by atoms with van der Waals surface area (Å²) in [7, 11) is 1.41. The summed E-state index contributed by atoms with van der Waals surface area (Å²) in [6.07, 6.45) is -2.93. The van der Waals surface area contributed by atoms with E-state index >= 15 is 0 Å². The van der Waals surface area contributed by atoms with Crippen LogP contribution in [0.5, 0.6) is 0 Å². The summed E-state index contributed by atoms with van der Waals surface area (Å²) in [6, 6.07) is 0. The van der Waals surface area contributed by atoms with Crippen molar-refractivity contribution in [1.82, 2.24) is 0 Å². The zero-order valence-corrected chi connectivity index (χ0v) is 12.5. The average molecular weight is 304 g/mol. The summed E-state index contributed by atoms with van der Waals surface area (Å²) >= 11 is 0. The number of hydrogen-bond acceptors (Lipinski definition) is 8. The lowest BCUT2D eigenvalue weighted by Gasteiger charge is -2.40. The van der Waals surface area contributed by atoms with Crippen molar-refractivity contribution in [3.8, 4) is 0 Å². The van der Waals surface area contributed by atoms with Crippen LogP contribution in [0.4, 0.5) is 0 Å². The van der Waals surface area contributed by atoms with Crippen molar-refractivity contribution >= 4 is 17.9 Å². The van der Waals surface area contributed by atoms with Gasteiger partial charge in [0.1, 0.15) is 18.8 Å². The highest BCUT2D eigenvalue weighted by atomic mass is 16.6. The third kappa shape index (κ3) is 5.31. The van der Waals surface area contributed by atoms with Gasteiger partial charge in [-0.2, -0.15) is 0 Å². The molecule has 0 N–H and O–H groups in total. The molecule has 0 spiro atoms. The van der Waals surface area contributed by atoms with Crippen LogP contribution in [0.3, 0.4) is 0 Å². The molecule has 4 unspecified atom stereocenters. The van der Waals surface area contributed by atoms with Crippen LogP contribution in [0.1, 0.15) is 20.8 Å². The second-order valence-corrected chi connectivity index (χ2v) is 4.60. The fraction of sp³-hybridized carbons (Fsp3) is 0.769. The molecule has 0 aromatic carbocycles. The lowest BCUT2D eigenvalue weighted by Crippen LogP contribution is -2.57. The molecule has 1 heterocycles. The molecule has 0 saturated carbocycles. The monoisotopic (exact) mass is 304 g/mol. The van der Waals surface area contributed by atoms with E-state index in [9.17, 15) is 14.4 Å². The van der Waals surface area contributed by atoms with Crippen LogP contribution in [-0.4, -0.2) is 62.6 Å². The normalized spacial score (nSPS) is 28.6. The van der Waals surface area contributed by atoms with Crippen LogP contribution in [-0.2, 0) is 38.1 Å². The Hall–Kier alpha value is -1.67. The number of carbonyl (C=O) groups is 3. The van der Waals surface area contributed by atoms with Crippen molar-refractivity contribution in [3.05, 3.63) is 0 Å². The van der Waals surface area contributed by atoms with E-state index < -0.39 is 42.3 Å². The Bertz CT molecular complexity index is 394. The summed E-state index contributed by atoms with van der Waals surface area (Å²) in [5.74, 6) is -1.51. The second kappa shape index (κ2) is 7.94. The molecule has 1 fully saturated rings. The SMILES string of the molecule is COC1C(OC(C)=O)COC(COC(C)=O)C1OC(C)=O. The smallest absolute Gasteiger partial charge is 0.303 e. The summed E-state index contributed by atoms with van der Waals surface area (Å²) in [5, 5.41) is 0. The molecular weight excluding hydrogens is 284 g/mol. The van der Waals surface area contributed by atoms with Gasteiger partial charge in [-0.3, -0.25) is 14.4 Å². The predicted octanol–water partition coefficient (Wildman–Crippen LogP) is -0.173. The van der Waals surface area contributed by atoms with Gasteiger partial charge in [-0.25, -0.2) is 0 Å². The highest BCUT2D eigenvalue weighted by Gasteiger charge is 2.45. The third-order valence-electron chi connectivity index (χ3n) is 2.87. The maximum atomic E-state index is 11.2. The van der Waals surface area contributed by atoms with Crippen LogP contribution < -0.4 is 0 Å². The first-order chi connectivity index (χ1) is 9.85. The van der Waals surface area contributed by atoms with Crippen molar-refractivity contribution in [2.75, 3.05) is 20.3 Å². The minimum absolute atomic E-state index is 0.0573. The zero-order valence-electron chi connectivity index (χ0n) is 12.5. The fourth-order valence-electron chi connectivity index (χ4n) is 2.11. The Balaban J connectivity index is 2.84. The van der Waals surface area contributed by atoms with E-state index in [1.165, 1.54) is 27.9 Å². The Labute approximate surface area is 122 Å². The van der Waals surface area contributed by atoms with Crippen LogP contribution in [0.2, 0.25) is 0 Å². The van der Waals surface area contributed by atoms with Crippen LogP contribution >= 0.6 is 0 Å². The molecule has 120 valence electrons. The summed E-state index contributed by atoms with van der Waals surface area (Å²) in [5.41, 5.74) is 0. The van der Waals surface area contributed by atoms with Gasteiger partial charge >= 0.3 is 17.9 Å². The van der Waals surface area contributed by atoms with Gasteiger partial charge in [-0.15, -0.1) is 0 Å². The molecule has 1 saturated heterocycles. The van der Waals surface area contributed by atoms with Crippen molar-refractivity contribution in [3.63, 3.8) is 0 Å². The van der Waals surface area contributed by atoms with Crippen LogP contribution in [0.15, 0.2) is 0 Å². The third-order valence-corrected chi connectivity index (χ3v) is 2.87. The molecule has 1 aliphatic rings. The van der Waals surface area contributed by atoms with Crippen molar-refractivity contribution in [2.45, 2.75) is 45.2 Å². The molecule has 8 nitrogen and oxygen atoms in total. The molecule has 0 radical (unpaired) electrons. The molecule has 0 aliphatic carbocycles. The van der Waals surface area contributed by atoms with Gasteiger partial charge in [0, 0.05) is 27.9 Å². The van der Waals surface area contributed by atoms with E-state index in [1.807, 2.05) is 0 Å². The van der Waals surface area contributed by atoms with Crippen LogP contribution in [0.25, 0.3) is 0 Å². The van der Waals surface area contributed by atoms with Gasteiger partial charge in [0.05, 0.1) is 6.61 Å².